The van der Waals surface area contributed by atoms with Gasteiger partial charge in [0.05, 0.1) is 11.4 Å². The topological polar surface area (TPSA) is 38.0 Å². The maximum absolute atomic E-state index is 6.03. The molecule has 17 heavy (non-hydrogen) atoms. The third-order valence-corrected chi connectivity index (χ3v) is 3.91. The van der Waals surface area contributed by atoms with Gasteiger partial charge in [-0.15, -0.1) is 0 Å². The van der Waals surface area contributed by atoms with Crippen LogP contribution in [0.1, 0.15) is 44.6 Å². The van der Waals surface area contributed by atoms with E-state index < -0.39 is 0 Å². The minimum Gasteiger partial charge on any atom is -0.397 e. The molecule has 1 aliphatic rings. The summed E-state index contributed by atoms with van der Waals surface area (Å²) >= 11 is 0. The van der Waals surface area contributed by atoms with Crippen LogP contribution in [0.25, 0.3) is 0 Å². The summed E-state index contributed by atoms with van der Waals surface area (Å²) in [4.78, 5) is 0. The number of rotatable bonds is 2. The lowest BCUT2D eigenvalue weighted by atomic mass is 9.96. The lowest BCUT2D eigenvalue weighted by molar-refractivity contribution is 0.457. The number of benzene rings is 1. The van der Waals surface area contributed by atoms with Crippen molar-refractivity contribution >= 4 is 11.4 Å². The van der Waals surface area contributed by atoms with Crippen LogP contribution >= 0.6 is 0 Å². The molecular weight excluding hydrogens is 208 g/mol. The number of aryl methyl sites for hydroxylation is 1. The Hall–Kier alpha value is -1.18. The molecule has 2 nitrogen and oxygen atoms in total. The second kappa shape index (κ2) is 5.44. The molecule has 1 aromatic rings. The number of hydrogen-bond acceptors (Lipinski definition) is 2. The molecular formula is C15H24N2. The van der Waals surface area contributed by atoms with Crippen LogP contribution in [0.3, 0.4) is 0 Å². The van der Waals surface area contributed by atoms with Gasteiger partial charge in [-0.1, -0.05) is 32.3 Å². The summed E-state index contributed by atoms with van der Waals surface area (Å²) in [6.45, 7) is 4.47. The van der Waals surface area contributed by atoms with Gasteiger partial charge in [0.15, 0.2) is 0 Å². The van der Waals surface area contributed by atoms with Crippen LogP contribution in [0.15, 0.2) is 18.2 Å². The summed E-state index contributed by atoms with van der Waals surface area (Å²) in [5, 5.41) is 3.65. The van der Waals surface area contributed by atoms with Crippen molar-refractivity contribution in [3.8, 4) is 0 Å². The number of nitrogen functional groups attached to an aromatic ring is 1. The van der Waals surface area contributed by atoms with Gasteiger partial charge in [-0.05, 0) is 43.4 Å². The number of nitrogens with one attached hydrogen (secondary N) is 1. The van der Waals surface area contributed by atoms with Crippen LogP contribution in [-0.4, -0.2) is 6.04 Å². The molecule has 2 unspecified atom stereocenters. The van der Waals surface area contributed by atoms with E-state index in [1.807, 2.05) is 6.07 Å². The summed E-state index contributed by atoms with van der Waals surface area (Å²) in [7, 11) is 0. The van der Waals surface area contributed by atoms with Gasteiger partial charge >= 0.3 is 0 Å². The van der Waals surface area contributed by atoms with Crippen molar-refractivity contribution in [3.05, 3.63) is 23.8 Å². The number of anilines is 2. The molecule has 0 spiro atoms. The molecule has 2 atom stereocenters. The van der Waals surface area contributed by atoms with Crippen molar-refractivity contribution in [1.82, 2.24) is 0 Å². The fourth-order valence-corrected chi connectivity index (χ4v) is 2.70. The first-order valence-corrected chi connectivity index (χ1v) is 6.79. The van der Waals surface area contributed by atoms with Crippen LogP contribution < -0.4 is 11.1 Å². The van der Waals surface area contributed by atoms with E-state index in [2.05, 4.69) is 31.3 Å². The summed E-state index contributed by atoms with van der Waals surface area (Å²) < 4.78 is 0. The molecule has 0 amide bonds. The van der Waals surface area contributed by atoms with E-state index in [0.717, 1.165) is 17.3 Å². The van der Waals surface area contributed by atoms with Crippen LogP contribution in [0.4, 0.5) is 11.4 Å². The van der Waals surface area contributed by atoms with Crippen molar-refractivity contribution in [3.63, 3.8) is 0 Å². The number of hydrogen-bond donors (Lipinski definition) is 2. The zero-order valence-electron chi connectivity index (χ0n) is 11.0. The molecule has 0 heterocycles. The van der Waals surface area contributed by atoms with Gasteiger partial charge in [-0.3, -0.25) is 0 Å². The van der Waals surface area contributed by atoms with Crippen molar-refractivity contribution in [1.29, 1.82) is 0 Å². The molecule has 0 bridgehead atoms. The van der Waals surface area contributed by atoms with Crippen molar-refractivity contribution in [2.75, 3.05) is 11.1 Å². The minimum absolute atomic E-state index is 0.585. The molecule has 2 rings (SSSR count). The zero-order valence-corrected chi connectivity index (χ0v) is 11.0. The zero-order chi connectivity index (χ0) is 12.3. The highest BCUT2D eigenvalue weighted by Crippen LogP contribution is 2.28. The molecule has 1 aromatic carbocycles. The monoisotopic (exact) mass is 232 g/mol. The second-order valence-corrected chi connectivity index (χ2v) is 5.46. The number of nitrogens with two attached hydrogens (primary N) is 1. The third-order valence-electron chi connectivity index (χ3n) is 3.91. The largest absolute Gasteiger partial charge is 0.397 e. The van der Waals surface area contributed by atoms with E-state index in [-0.39, 0.29) is 0 Å². The average molecular weight is 232 g/mol. The first kappa shape index (κ1) is 12.3. The summed E-state index contributed by atoms with van der Waals surface area (Å²) in [6.07, 6.45) is 6.71. The summed E-state index contributed by atoms with van der Waals surface area (Å²) in [5.41, 5.74) is 9.28. The Morgan fingerprint density at radius 3 is 2.76 bits per heavy atom. The minimum atomic E-state index is 0.585. The van der Waals surface area contributed by atoms with Crippen molar-refractivity contribution in [2.45, 2.75) is 52.0 Å². The van der Waals surface area contributed by atoms with E-state index in [1.54, 1.807) is 0 Å². The Kier molecular flexibility index (Phi) is 3.93. The maximum atomic E-state index is 6.03. The first-order chi connectivity index (χ1) is 8.16. The Balaban J connectivity index is 2.10. The second-order valence-electron chi connectivity index (χ2n) is 5.46. The van der Waals surface area contributed by atoms with Gasteiger partial charge in [0.25, 0.3) is 0 Å². The van der Waals surface area contributed by atoms with E-state index in [4.69, 9.17) is 5.73 Å². The van der Waals surface area contributed by atoms with E-state index in [9.17, 15) is 0 Å². The molecule has 0 saturated heterocycles. The fraction of sp³-hybridized carbons (Fsp3) is 0.600. The maximum Gasteiger partial charge on any atom is 0.0578 e. The molecule has 94 valence electrons. The standard InChI is InChI=1S/C15H24N2/c1-11-8-9-13(16)15(10-11)17-14-7-5-3-4-6-12(14)2/h8-10,12,14,17H,3-7,16H2,1-2H3. The predicted molar refractivity (Wildman–Crippen MR) is 75.3 cm³/mol. The fourth-order valence-electron chi connectivity index (χ4n) is 2.70. The van der Waals surface area contributed by atoms with Crippen LogP contribution in [-0.2, 0) is 0 Å². The van der Waals surface area contributed by atoms with Gasteiger partial charge in [-0.25, -0.2) is 0 Å². The Morgan fingerprint density at radius 1 is 1.18 bits per heavy atom. The quantitative estimate of drug-likeness (QED) is 0.598. The van der Waals surface area contributed by atoms with Crippen LogP contribution in [0.2, 0.25) is 0 Å². The Labute approximate surface area is 105 Å². The van der Waals surface area contributed by atoms with Crippen LogP contribution in [0.5, 0.6) is 0 Å². The van der Waals surface area contributed by atoms with Gasteiger partial charge in [0.1, 0.15) is 0 Å². The highest BCUT2D eigenvalue weighted by Gasteiger charge is 2.20. The smallest absolute Gasteiger partial charge is 0.0578 e. The Bertz CT molecular complexity index is 373. The van der Waals surface area contributed by atoms with E-state index in [0.29, 0.717) is 6.04 Å². The normalized spacial score (nSPS) is 25.3. The summed E-state index contributed by atoms with van der Waals surface area (Å²) in [6, 6.07) is 6.81. The van der Waals surface area contributed by atoms with Crippen molar-refractivity contribution in [2.24, 2.45) is 5.92 Å². The third kappa shape index (κ3) is 3.15. The Morgan fingerprint density at radius 2 is 1.94 bits per heavy atom. The first-order valence-electron chi connectivity index (χ1n) is 6.79. The molecule has 0 aromatic heterocycles. The molecule has 2 heteroatoms. The molecule has 3 N–H and O–H groups in total. The van der Waals surface area contributed by atoms with E-state index in [1.165, 1.54) is 37.7 Å². The van der Waals surface area contributed by atoms with Gasteiger partial charge in [0.2, 0.25) is 0 Å². The molecule has 1 fully saturated rings. The lowest BCUT2D eigenvalue weighted by Gasteiger charge is -2.25. The lowest BCUT2D eigenvalue weighted by Crippen LogP contribution is -2.26. The summed E-state index contributed by atoms with van der Waals surface area (Å²) in [5.74, 6) is 0.748. The molecule has 0 aliphatic heterocycles. The molecule has 0 radical (unpaired) electrons. The molecule has 1 saturated carbocycles. The highest BCUT2D eigenvalue weighted by atomic mass is 14.9. The van der Waals surface area contributed by atoms with Crippen molar-refractivity contribution < 1.29 is 0 Å². The highest BCUT2D eigenvalue weighted by molar-refractivity contribution is 5.67. The molecule has 1 aliphatic carbocycles. The van der Waals surface area contributed by atoms with Crippen LogP contribution in [0, 0.1) is 12.8 Å². The average Bonchev–Trinajstić information content (AvgIpc) is 2.50. The van der Waals surface area contributed by atoms with E-state index >= 15 is 0 Å². The van der Waals surface area contributed by atoms with Gasteiger partial charge in [0, 0.05) is 6.04 Å². The predicted octanol–water partition coefficient (Wildman–Crippen LogP) is 3.96. The van der Waals surface area contributed by atoms with Gasteiger partial charge in [-0.2, -0.15) is 0 Å². The SMILES string of the molecule is Cc1ccc(N)c(NC2CCCCCC2C)c1. The van der Waals surface area contributed by atoms with Gasteiger partial charge < -0.3 is 11.1 Å².